The van der Waals surface area contributed by atoms with Crippen LogP contribution in [0.25, 0.3) is 0 Å². The Morgan fingerprint density at radius 3 is 2.75 bits per heavy atom. The number of hydrogen-bond acceptors (Lipinski definition) is 5. The fraction of sp³-hybridized carbons (Fsp3) is 0.333. The minimum atomic E-state index is -0.213. The number of amidine groups is 1. The van der Waals surface area contributed by atoms with Crippen molar-refractivity contribution in [3.63, 3.8) is 0 Å². The van der Waals surface area contributed by atoms with Gasteiger partial charge >= 0.3 is 0 Å². The van der Waals surface area contributed by atoms with Gasteiger partial charge in [0.1, 0.15) is 17.3 Å². The summed E-state index contributed by atoms with van der Waals surface area (Å²) in [6.45, 7) is 2.47. The van der Waals surface area contributed by atoms with Gasteiger partial charge in [-0.15, -0.1) is 0 Å². The second-order valence-corrected chi connectivity index (χ2v) is 7.33. The summed E-state index contributed by atoms with van der Waals surface area (Å²) in [6.07, 6.45) is 2.35. The zero-order chi connectivity index (χ0) is 20.1. The van der Waals surface area contributed by atoms with Crippen molar-refractivity contribution in [3.8, 4) is 5.75 Å². The number of halogens is 1. The lowest BCUT2D eigenvalue weighted by atomic mass is 10.0. The fourth-order valence-corrected chi connectivity index (χ4v) is 3.12. The van der Waals surface area contributed by atoms with Crippen molar-refractivity contribution in [2.45, 2.75) is 38.3 Å². The van der Waals surface area contributed by atoms with Crippen molar-refractivity contribution in [1.82, 2.24) is 5.32 Å². The molecule has 1 amide bonds. The number of amides is 1. The molecule has 2 unspecified atom stereocenters. The first-order chi connectivity index (χ1) is 13.4. The highest BCUT2D eigenvalue weighted by atomic mass is 35.5. The van der Waals surface area contributed by atoms with Gasteiger partial charge in [-0.1, -0.05) is 17.7 Å². The van der Waals surface area contributed by atoms with Crippen LogP contribution in [-0.2, 0) is 0 Å². The van der Waals surface area contributed by atoms with E-state index < -0.39 is 0 Å². The predicted molar refractivity (Wildman–Crippen MR) is 112 cm³/mol. The van der Waals surface area contributed by atoms with Crippen LogP contribution in [0.15, 0.2) is 47.5 Å². The van der Waals surface area contributed by atoms with Crippen molar-refractivity contribution in [3.05, 3.63) is 58.6 Å². The van der Waals surface area contributed by atoms with Gasteiger partial charge in [-0.25, -0.2) is 4.99 Å². The van der Waals surface area contributed by atoms with Crippen LogP contribution in [0.1, 0.15) is 48.1 Å². The van der Waals surface area contributed by atoms with Gasteiger partial charge in [0.25, 0.3) is 5.91 Å². The molecule has 2 atom stereocenters. The van der Waals surface area contributed by atoms with Gasteiger partial charge in [0, 0.05) is 23.2 Å². The van der Waals surface area contributed by atoms with Crippen LogP contribution in [0.4, 0.5) is 5.69 Å². The second-order valence-electron chi connectivity index (χ2n) is 6.89. The Balaban J connectivity index is 1.44. The van der Waals surface area contributed by atoms with Crippen LogP contribution in [0.3, 0.4) is 0 Å². The third-order valence-electron chi connectivity index (χ3n) is 4.71. The molecule has 1 aliphatic rings. The third-order valence-corrected chi connectivity index (χ3v) is 4.97. The minimum Gasteiger partial charge on any atom is -0.481 e. The normalized spacial score (nSPS) is 16.5. The summed E-state index contributed by atoms with van der Waals surface area (Å²) in [5.74, 6) is 1.09. The lowest BCUT2D eigenvalue weighted by Crippen LogP contribution is -2.33. The smallest absolute Gasteiger partial charge is 0.251 e. The maximum atomic E-state index is 12.0. The molecule has 0 bridgehead atoms. The first-order valence-corrected chi connectivity index (χ1v) is 9.76. The van der Waals surface area contributed by atoms with Crippen molar-refractivity contribution in [2.24, 2.45) is 16.5 Å². The molecule has 0 spiro atoms. The number of rotatable bonds is 7. The average Bonchev–Trinajstić information content (AvgIpc) is 2.68. The van der Waals surface area contributed by atoms with E-state index in [9.17, 15) is 4.79 Å². The van der Waals surface area contributed by atoms with Crippen LogP contribution in [-0.4, -0.2) is 24.4 Å². The molecule has 148 valence electrons. The third kappa shape index (κ3) is 5.03. The molecule has 2 aromatic carbocycles. The van der Waals surface area contributed by atoms with Crippen molar-refractivity contribution >= 4 is 29.0 Å². The van der Waals surface area contributed by atoms with E-state index in [0.717, 1.165) is 36.3 Å². The summed E-state index contributed by atoms with van der Waals surface area (Å²) in [4.78, 5) is 16.4. The highest BCUT2D eigenvalue weighted by Gasteiger charge is 2.19. The van der Waals surface area contributed by atoms with E-state index in [1.807, 2.05) is 25.1 Å². The Labute approximate surface area is 169 Å². The Bertz CT molecular complexity index is 867. The molecule has 1 heterocycles. The number of aliphatic imine (C=N–C) groups is 1. The largest absolute Gasteiger partial charge is 0.481 e. The molecule has 0 saturated carbocycles. The number of unbranched alkanes of at least 4 members (excludes halogenated alkanes) is 1. The number of carbonyl (C=O) groups is 1. The molecule has 7 heteroatoms. The van der Waals surface area contributed by atoms with Crippen molar-refractivity contribution in [1.29, 1.82) is 0 Å². The molecular formula is C21H25ClN4O2. The van der Waals surface area contributed by atoms with E-state index in [2.05, 4.69) is 10.3 Å². The van der Waals surface area contributed by atoms with Gasteiger partial charge in [0.2, 0.25) is 0 Å². The van der Waals surface area contributed by atoms with Crippen LogP contribution >= 0.6 is 11.6 Å². The lowest BCUT2D eigenvalue weighted by Gasteiger charge is -2.22. The van der Waals surface area contributed by atoms with E-state index >= 15 is 0 Å². The highest BCUT2D eigenvalue weighted by molar-refractivity contribution is 6.30. The Kier molecular flexibility index (Phi) is 6.54. The van der Waals surface area contributed by atoms with Gasteiger partial charge in [-0.2, -0.15) is 0 Å². The monoisotopic (exact) mass is 400 g/mol. The summed E-state index contributed by atoms with van der Waals surface area (Å²) in [7, 11) is 0. The van der Waals surface area contributed by atoms with Crippen LogP contribution < -0.4 is 21.5 Å². The highest BCUT2D eigenvalue weighted by Crippen LogP contribution is 2.34. The van der Waals surface area contributed by atoms with Crippen molar-refractivity contribution < 1.29 is 9.53 Å². The summed E-state index contributed by atoms with van der Waals surface area (Å²) in [5.41, 5.74) is 14.5. The Morgan fingerprint density at radius 2 is 2.00 bits per heavy atom. The maximum Gasteiger partial charge on any atom is 0.251 e. The second kappa shape index (κ2) is 9.08. The summed E-state index contributed by atoms with van der Waals surface area (Å²) in [6, 6.07) is 12.5. The van der Waals surface area contributed by atoms with Gasteiger partial charge in [-0.3, -0.25) is 4.79 Å². The number of fused-ring (bicyclic) bond motifs is 1. The van der Waals surface area contributed by atoms with Gasteiger partial charge in [0.05, 0.1) is 0 Å². The molecule has 0 aromatic heterocycles. The number of nitrogens with zero attached hydrogens (tertiary/aromatic N) is 1. The zero-order valence-electron chi connectivity index (χ0n) is 15.8. The summed E-state index contributed by atoms with van der Waals surface area (Å²) >= 11 is 5.83. The van der Waals surface area contributed by atoms with Crippen LogP contribution in [0.2, 0.25) is 5.02 Å². The SMILES string of the molecule is CC1Oc2ccc(C(N)CCCCNC(=O)c3ccc(Cl)cc3)cc2N=C1N. The van der Waals surface area contributed by atoms with E-state index in [-0.39, 0.29) is 18.1 Å². The molecular weight excluding hydrogens is 376 g/mol. The molecule has 6 nitrogen and oxygen atoms in total. The van der Waals surface area contributed by atoms with Gasteiger partial charge in [0.15, 0.2) is 6.10 Å². The van der Waals surface area contributed by atoms with Crippen molar-refractivity contribution in [2.75, 3.05) is 6.54 Å². The van der Waals surface area contributed by atoms with E-state index in [1.54, 1.807) is 24.3 Å². The number of nitrogens with two attached hydrogens (primary N) is 2. The zero-order valence-corrected chi connectivity index (χ0v) is 16.6. The molecule has 0 radical (unpaired) electrons. The maximum absolute atomic E-state index is 12.0. The minimum absolute atomic E-state index is 0.0969. The molecule has 5 N–H and O–H groups in total. The first-order valence-electron chi connectivity index (χ1n) is 9.38. The molecule has 0 aliphatic carbocycles. The number of hydrogen-bond donors (Lipinski definition) is 3. The fourth-order valence-electron chi connectivity index (χ4n) is 2.99. The number of ether oxygens (including phenoxy) is 1. The number of benzene rings is 2. The molecule has 2 aromatic rings. The standard InChI is InChI=1S/C21H25ClN4O2/c1-13-20(24)26-18-12-15(7-10-19(18)28-13)17(23)4-2-3-11-25-21(27)14-5-8-16(22)9-6-14/h5-10,12-13,17H,2-4,11,23H2,1H3,(H2,24,26)(H,25,27). The van der Waals surface area contributed by atoms with E-state index in [1.165, 1.54) is 0 Å². The molecule has 28 heavy (non-hydrogen) atoms. The molecule has 0 saturated heterocycles. The summed E-state index contributed by atoms with van der Waals surface area (Å²) in [5, 5.41) is 3.52. The molecule has 1 aliphatic heterocycles. The van der Waals surface area contributed by atoms with Gasteiger partial charge in [-0.05, 0) is 68.1 Å². The topological polar surface area (TPSA) is 103 Å². The van der Waals surface area contributed by atoms with Crippen LogP contribution in [0, 0.1) is 0 Å². The molecule has 3 rings (SSSR count). The quantitative estimate of drug-likeness (QED) is 0.616. The first kappa shape index (κ1) is 20.2. The summed E-state index contributed by atoms with van der Waals surface area (Å²) < 4.78 is 5.71. The van der Waals surface area contributed by atoms with Gasteiger partial charge < -0.3 is 21.5 Å². The lowest BCUT2D eigenvalue weighted by molar-refractivity contribution is 0.0953. The van der Waals surface area contributed by atoms with E-state index in [0.29, 0.717) is 23.0 Å². The van der Waals surface area contributed by atoms with Crippen LogP contribution in [0.5, 0.6) is 5.75 Å². The predicted octanol–water partition coefficient (Wildman–Crippen LogP) is 3.71. The number of nitrogens with one attached hydrogen (secondary N) is 1. The average molecular weight is 401 g/mol. The van der Waals surface area contributed by atoms with E-state index in [4.69, 9.17) is 27.8 Å². The molecule has 0 fully saturated rings. The Morgan fingerprint density at radius 1 is 1.25 bits per heavy atom. The Hall–Kier alpha value is -2.57. The number of carbonyl (C=O) groups excluding carboxylic acids is 1.